The second-order valence-corrected chi connectivity index (χ2v) is 5.13. The third-order valence-electron chi connectivity index (χ3n) is 3.85. The number of fused-ring (bicyclic) bond motifs is 1. The van der Waals surface area contributed by atoms with Crippen molar-refractivity contribution >= 4 is 16.8 Å². The molecular weight excluding hydrogens is 244 g/mol. The SMILES string of the molecule is Cn1ncc2c(=O)n(CC(=O)C3CCCC3)cnc21. The summed E-state index contributed by atoms with van der Waals surface area (Å²) in [5, 5.41) is 4.47. The monoisotopic (exact) mass is 260 g/mol. The Labute approximate surface area is 110 Å². The Morgan fingerprint density at radius 3 is 2.89 bits per heavy atom. The van der Waals surface area contributed by atoms with Crippen molar-refractivity contribution in [3.8, 4) is 0 Å². The van der Waals surface area contributed by atoms with Crippen LogP contribution in [0.3, 0.4) is 0 Å². The number of aryl methyl sites for hydroxylation is 1. The lowest BCUT2D eigenvalue weighted by atomic mass is 10.0. The minimum absolute atomic E-state index is 0.122. The predicted octanol–water partition coefficient (Wildman–Crippen LogP) is 0.889. The largest absolute Gasteiger partial charge is 0.297 e. The summed E-state index contributed by atoms with van der Waals surface area (Å²) in [6, 6.07) is 0. The summed E-state index contributed by atoms with van der Waals surface area (Å²) in [7, 11) is 1.74. The Morgan fingerprint density at radius 2 is 2.16 bits per heavy atom. The van der Waals surface area contributed by atoms with Gasteiger partial charge in [0, 0.05) is 13.0 Å². The molecule has 0 spiro atoms. The zero-order chi connectivity index (χ0) is 13.4. The van der Waals surface area contributed by atoms with Crippen molar-refractivity contribution in [2.75, 3.05) is 0 Å². The van der Waals surface area contributed by atoms with Gasteiger partial charge in [0.25, 0.3) is 5.56 Å². The molecule has 0 N–H and O–H groups in total. The number of hydrogen-bond acceptors (Lipinski definition) is 4. The zero-order valence-corrected chi connectivity index (χ0v) is 10.9. The Hall–Kier alpha value is -1.98. The molecule has 3 rings (SSSR count). The smallest absolute Gasteiger partial charge is 0.264 e. The lowest BCUT2D eigenvalue weighted by Crippen LogP contribution is -2.27. The maximum atomic E-state index is 12.2. The molecule has 6 nitrogen and oxygen atoms in total. The van der Waals surface area contributed by atoms with Crippen LogP contribution in [0.15, 0.2) is 17.3 Å². The summed E-state index contributed by atoms with van der Waals surface area (Å²) in [6.07, 6.45) is 7.09. The van der Waals surface area contributed by atoms with Crippen molar-refractivity contribution in [3.05, 3.63) is 22.9 Å². The zero-order valence-electron chi connectivity index (χ0n) is 10.9. The van der Waals surface area contributed by atoms with Crippen molar-refractivity contribution in [2.24, 2.45) is 13.0 Å². The summed E-state index contributed by atoms with van der Waals surface area (Å²) in [5.74, 6) is 0.265. The first-order valence-electron chi connectivity index (χ1n) is 6.56. The number of Topliss-reactive ketones (excluding diaryl/α,β-unsaturated/α-hetero) is 1. The van der Waals surface area contributed by atoms with E-state index >= 15 is 0 Å². The number of carbonyl (C=O) groups is 1. The van der Waals surface area contributed by atoms with Crippen LogP contribution in [0.4, 0.5) is 0 Å². The van der Waals surface area contributed by atoms with Gasteiger partial charge in [-0.15, -0.1) is 0 Å². The second kappa shape index (κ2) is 4.60. The highest BCUT2D eigenvalue weighted by Crippen LogP contribution is 2.25. The fraction of sp³-hybridized carbons (Fsp3) is 0.538. The molecule has 0 aromatic carbocycles. The van der Waals surface area contributed by atoms with E-state index in [1.165, 1.54) is 17.1 Å². The summed E-state index contributed by atoms with van der Waals surface area (Å²) >= 11 is 0. The van der Waals surface area contributed by atoms with E-state index in [2.05, 4.69) is 10.1 Å². The Kier molecular flexibility index (Phi) is 2.93. The molecule has 2 aromatic heterocycles. The van der Waals surface area contributed by atoms with Gasteiger partial charge in [-0.25, -0.2) is 4.98 Å². The number of aromatic nitrogens is 4. The molecule has 0 radical (unpaired) electrons. The number of ketones is 1. The van der Waals surface area contributed by atoms with Gasteiger partial charge in [0.2, 0.25) is 0 Å². The molecule has 0 atom stereocenters. The molecule has 0 unspecified atom stereocenters. The van der Waals surface area contributed by atoms with Gasteiger partial charge in [-0.3, -0.25) is 18.8 Å². The molecule has 0 bridgehead atoms. The molecule has 2 heterocycles. The number of hydrogen-bond donors (Lipinski definition) is 0. The molecule has 1 saturated carbocycles. The van der Waals surface area contributed by atoms with Crippen molar-refractivity contribution in [3.63, 3.8) is 0 Å². The van der Waals surface area contributed by atoms with E-state index in [4.69, 9.17) is 0 Å². The van der Waals surface area contributed by atoms with Crippen LogP contribution in [0, 0.1) is 5.92 Å². The topological polar surface area (TPSA) is 69.8 Å². The van der Waals surface area contributed by atoms with E-state index in [-0.39, 0.29) is 23.8 Å². The molecule has 2 aromatic rings. The van der Waals surface area contributed by atoms with Gasteiger partial charge in [-0.2, -0.15) is 5.10 Å². The Morgan fingerprint density at radius 1 is 1.42 bits per heavy atom. The van der Waals surface area contributed by atoms with Crippen LogP contribution in [0.25, 0.3) is 11.0 Å². The number of carbonyl (C=O) groups excluding carboxylic acids is 1. The normalized spacial score (nSPS) is 16.3. The average Bonchev–Trinajstić information content (AvgIpc) is 3.03. The van der Waals surface area contributed by atoms with Gasteiger partial charge in [0.05, 0.1) is 12.7 Å². The first kappa shape index (κ1) is 12.1. The molecule has 19 heavy (non-hydrogen) atoms. The highest BCUT2D eigenvalue weighted by molar-refractivity contribution is 5.81. The maximum Gasteiger partial charge on any atom is 0.264 e. The number of rotatable bonds is 3. The summed E-state index contributed by atoms with van der Waals surface area (Å²) < 4.78 is 2.95. The fourth-order valence-corrected chi connectivity index (χ4v) is 2.72. The molecular formula is C13H16N4O2. The highest BCUT2D eigenvalue weighted by Gasteiger charge is 2.23. The standard InChI is InChI=1S/C13H16N4O2/c1-16-12-10(6-15-16)13(19)17(8-14-12)7-11(18)9-4-2-3-5-9/h6,8-9H,2-5,7H2,1H3. The van der Waals surface area contributed by atoms with Crippen LogP contribution < -0.4 is 5.56 Å². The van der Waals surface area contributed by atoms with E-state index in [0.29, 0.717) is 11.0 Å². The first-order valence-corrected chi connectivity index (χ1v) is 6.56. The third kappa shape index (κ3) is 2.07. The van der Waals surface area contributed by atoms with Crippen LogP contribution in [0.5, 0.6) is 0 Å². The van der Waals surface area contributed by atoms with Gasteiger partial charge >= 0.3 is 0 Å². The molecule has 0 amide bonds. The Bertz CT molecular complexity index is 679. The van der Waals surface area contributed by atoms with Gasteiger partial charge in [0.1, 0.15) is 11.7 Å². The van der Waals surface area contributed by atoms with Crippen molar-refractivity contribution in [1.29, 1.82) is 0 Å². The summed E-state index contributed by atoms with van der Waals surface area (Å²) in [4.78, 5) is 28.5. The van der Waals surface area contributed by atoms with E-state index in [0.717, 1.165) is 25.7 Å². The van der Waals surface area contributed by atoms with Crippen molar-refractivity contribution in [2.45, 2.75) is 32.2 Å². The molecule has 0 aliphatic heterocycles. The highest BCUT2D eigenvalue weighted by atomic mass is 16.1. The number of nitrogens with zero attached hydrogens (tertiary/aromatic N) is 4. The third-order valence-corrected chi connectivity index (χ3v) is 3.85. The first-order chi connectivity index (χ1) is 9.16. The van der Waals surface area contributed by atoms with Crippen molar-refractivity contribution < 1.29 is 4.79 Å². The van der Waals surface area contributed by atoms with Crippen LogP contribution in [-0.4, -0.2) is 25.1 Å². The molecule has 1 aliphatic carbocycles. The van der Waals surface area contributed by atoms with Crippen LogP contribution in [-0.2, 0) is 18.4 Å². The molecule has 6 heteroatoms. The quantitative estimate of drug-likeness (QED) is 0.821. The van der Waals surface area contributed by atoms with E-state index in [1.807, 2.05) is 0 Å². The molecule has 1 aliphatic rings. The van der Waals surface area contributed by atoms with E-state index in [9.17, 15) is 9.59 Å². The van der Waals surface area contributed by atoms with Gasteiger partial charge < -0.3 is 0 Å². The van der Waals surface area contributed by atoms with Crippen LogP contribution in [0.2, 0.25) is 0 Å². The average molecular weight is 260 g/mol. The minimum atomic E-state index is -0.190. The second-order valence-electron chi connectivity index (χ2n) is 5.13. The van der Waals surface area contributed by atoms with Crippen LogP contribution >= 0.6 is 0 Å². The van der Waals surface area contributed by atoms with Gasteiger partial charge in [-0.05, 0) is 12.8 Å². The molecule has 0 saturated heterocycles. The Balaban J connectivity index is 1.90. The maximum absolute atomic E-state index is 12.2. The van der Waals surface area contributed by atoms with Crippen LogP contribution in [0.1, 0.15) is 25.7 Å². The summed E-state index contributed by atoms with van der Waals surface area (Å²) in [6.45, 7) is 0.126. The van der Waals surface area contributed by atoms with E-state index < -0.39 is 0 Å². The van der Waals surface area contributed by atoms with Crippen molar-refractivity contribution in [1.82, 2.24) is 19.3 Å². The predicted molar refractivity (Wildman–Crippen MR) is 69.7 cm³/mol. The summed E-state index contributed by atoms with van der Waals surface area (Å²) in [5.41, 5.74) is 0.360. The molecule has 1 fully saturated rings. The lowest BCUT2D eigenvalue weighted by Gasteiger charge is -2.09. The molecule has 100 valence electrons. The lowest BCUT2D eigenvalue weighted by molar-refractivity contribution is -0.123. The fourth-order valence-electron chi connectivity index (χ4n) is 2.72. The minimum Gasteiger partial charge on any atom is -0.297 e. The van der Waals surface area contributed by atoms with Gasteiger partial charge in [0.15, 0.2) is 11.4 Å². The van der Waals surface area contributed by atoms with Gasteiger partial charge in [-0.1, -0.05) is 12.8 Å². The van der Waals surface area contributed by atoms with E-state index in [1.54, 1.807) is 11.7 Å².